The molecule has 0 aliphatic heterocycles. The van der Waals surface area contributed by atoms with Crippen LogP contribution < -0.4 is 0 Å². The van der Waals surface area contributed by atoms with E-state index >= 15 is 0 Å². The van der Waals surface area contributed by atoms with Gasteiger partial charge in [0.15, 0.2) is 5.78 Å². The van der Waals surface area contributed by atoms with Crippen molar-refractivity contribution in [2.75, 3.05) is 0 Å². The minimum absolute atomic E-state index is 0.214. The molecule has 0 aromatic heterocycles. The van der Waals surface area contributed by atoms with E-state index in [1.54, 1.807) is 0 Å². The Morgan fingerprint density at radius 1 is 1.42 bits per heavy atom. The number of ketones is 1. The van der Waals surface area contributed by atoms with Gasteiger partial charge in [0.05, 0.1) is 0 Å². The summed E-state index contributed by atoms with van der Waals surface area (Å²) in [6.45, 7) is 2.24. The van der Waals surface area contributed by atoms with Gasteiger partial charge < -0.3 is 0 Å². The van der Waals surface area contributed by atoms with Crippen molar-refractivity contribution in [1.29, 1.82) is 0 Å². The molecule has 0 radical (unpaired) electrons. The molecule has 0 saturated heterocycles. The van der Waals surface area contributed by atoms with Crippen molar-refractivity contribution < 1.29 is 4.79 Å². The number of rotatable bonds is 0. The predicted molar refractivity (Wildman–Crippen MR) is 48.8 cm³/mol. The van der Waals surface area contributed by atoms with Crippen LogP contribution in [0.3, 0.4) is 0 Å². The quantitative estimate of drug-likeness (QED) is 0.500. The summed E-state index contributed by atoms with van der Waals surface area (Å²) in [6.07, 6.45) is 10.3. The topological polar surface area (TPSA) is 17.1 Å². The number of hydrogen-bond donors (Lipinski definition) is 0. The van der Waals surface area contributed by atoms with Crippen molar-refractivity contribution in [3.05, 3.63) is 23.8 Å². The second kappa shape index (κ2) is 2.58. The van der Waals surface area contributed by atoms with Gasteiger partial charge in [-0.05, 0) is 25.3 Å². The minimum atomic E-state index is 0.214. The first-order chi connectivity index (χ1) is 5.71. The average molecular weight is 162 g/mol. The van der Waals surface area contributed by atoms with Crippen LogP contribution in [0.5, 0.6) is 0 Å². The third-order valence-corrected chi connectivity index (χ3v) is 3.03. The second-order valence-corrected chi connectivity index (χ2v) is 3.99. The summed E-state index contributed by atoms with van der Waals surface area (Å²) in [7, 11) is 0. The average Bonchev–Trinajstić information content (AvgIpc) is 2.06. The van der Waals surface area contributed by atoms with Crippen LogP contribution in [0.4, 0.5) is 0 Å². The fourth-order valence-electron chi connectivity index (χ4n) is 2.11. The lowest BCUT2D eigenvalue weighted by molar-refractivity contribution is -0.115. The van der Waals surface area contributed by atoms with E-state index in [0.29, 0.717) is 5.78 Å². The molecule has 0 spiro atoms. The van der Waals surface area contributed by atoms with Gasteiger partial charge in [-0.3, -0.25) is 4.79 Å². The molecule has 0 aromatic rings. The number of allylic oxidation sites excluding steroid dienone is 4. The molecule has 0 fully saturated rings. The lowest BCUT2D eigenvalue weighted by Crippen LogP contribution is -2.25. The molecule has 1 atom stereocenters. The lowest BCUT2D eigenvalue weighted by atomic mass is 9.69. The third kappa shape index (κ3) is 1.13. The van der Waals surface area contributed by atoms with Crippen LogP contribution in [-0.2, 0) is 4.79 Å². The molecule has 0 saturated carbocycles. The molecule has 2 aliphatic carbocycles. The van der Waals surface area contributed by atoms with E-state index in [-0.39, 0.29) is 5.41 Å². The Bertz CT molecular complexity index is 273. The maximum absolute atomic E-state index is 11.2. The molecule has 1 unspecified atom stereocenters. The van der Waals surface area contributed by atoms with E-state index in [2.05, 4.69) is 19.1 Å². The Hall–Kier alpha value is -0.850. The predicted octanol–water partition coefficient (Wildman–Crippen LogP) is 2.63. The normalized spacial score (nSPS) is 34.4. The SMILES string of the molecule is CC12C=CCCC1=CC(=O)CC2. The van der Waals surface area contributed by atoms with Crippen molar-refractivity contribution in [2.45, 2.75) is 32.6 Å². The molecule has 0 amide bonds. The van der Waals surface area contributed by atoms with E-state index in [1.807, 2.05) is 6.08 Å². The molecule has 64 valence electrons. The first kappa shape index (κ1) is 7.78. The zero-order chi connectivity index (χ0) is 8.60. The molecule has 0 aromatic carbocycles. The molecule has 12 heavy (non-hydrogen) atoms. The number of hydrogen-bond acceptors (Lipinski definition) is 1. The van der Waals surface area contributed by atoms with Crippen LogP contribution in [0.25, 0.3) is 0 Å². The zero-order valence-electron chi connectivity index (χ0n) is 7.47. The van der Waals surface area contributed by atoms with Crippen molar-refractivity contribution >= 4 is 5.78 Å². The van der Waals surface area contributed by atoms with Crippen molar-refractivity contribution in [2.24, 2.45) is 5.41 Å². The smallest absolute Gasteiger partial charge is 0.155 e. The molecule has 0 N–H and O–H groups in total. The highest BCUT2D eigenvalue weighted by Crippen LogP contribution is 2.42. The minimum Gasteiger partial charge on any atom is -0.295 e. The summed E-state index contributed by atoms with van der Waals surface area (Å²) in [5, 5.41) is 0. The molecule has 1 nitrogen and oxygen atoms in total. The molecular formula is C11H14O. The van der Waals surface area contributed by atoms with Crippen molar-refractivity contribution in [3.8, 4) is 0 Å². The van der Waals surface area contributed by atoms with E-state index in [9.17, 15) is 4.79 Å². The fraction of sp³-hybridized carbons (Fsp3) is 0.545. The van der Waals surface area contributed by atoms with Crippen LogP contribution in [0, 0.1) is 5.41 Å². The molecular weight excluding hydrogens is 148 g/mol. The van der Waals surface area contributed by atoms with Gasteiger partial charge in [-0.2, -0.15) is 0 Å². The third-order valence-electron chi connectivity index (χ3n) is 3.03. The van der Waals surface area contributed by atoms with Crippen molar-refractivity contribution in [1.82, 2.24) is 0 Å². The first-order valence-corrected chi connectivity index (χ1v) is 4.62. The van der Waals surface area contributed by atoms with Gasteiger partial charge in [0.25, 0.3) is 0 Å². The van der Waals surface area contributed by atoms with Crippen LogP contribution in [0.2, 0.25) is 0 Å². The van der Waals surface area contributed by atoms with Crippen LogP contribution >= 0.6 is 0 Å². The number of carbonyl (C=O) groups excluding carboxylic acids is 1. The van der Waals surface area contributed by atoms with Crippen LogP contribution in [0.15, 0.2) is 23.8 Å². The highest BCUT2D eigenvalue weighted by Gasteiger charge is 2.31. The Labute approximate surface area is 73.2 Å². The first-order valence-electron chi connectivity index (χ1n) is 4.62. The second-order valence-electron chi connectivity index (χ2n) is 3.99. The monoisotopic (exact) mass is 162 g/mol. The maximum atomic E-state index is 11.2. The number of carbonyl (C=O) groups is 1. The van der Waals surface area contributed by atoms with Crippen LogP contribution in [-0.4, -0.2) is 5.78 Å². The van der Waals surface area contributed by atoms with Gasteiger partial charge >= 0.3 is 0 Å². The summed E-state index contributed by atoms with van der Waals surface area (Å²) in [5.74, 6) is 0.317. The molecule has 0 bridgehead atoms. The van der Waals surface area contributed by atoms with Crippen molar-refractivity contribution in [3.63, 3.8) is 0 Å². The molecule has 2 rings (SSSR count). The highest BCUT2D eigenvalue weighted by atomic mass is 16.1. The van der Waals surface area contributed by atoms with E-state index < -0.39 is 0 Å². The highest BCUT2D eigenvalue weighted by molar-refractivity contribution is 5.91. The van der Waals surface area contributed by atoms with Gasteiger partial charge in [-0.25, -0.2) is 0 Å². The summed E-state index contributed by atoms with van der Waals surface area (Å²) in [6, 6.07) is 0. The summed E-state index contributed by atoms with van der Waals surface area (Å²) in [5.41, 5.74) is 1.56. The fourth-order valence-corrected chi connectivity index (χ4v) is 2.11. The summed E-state index contributed by atoms with van der Waals surface area (Å²) >= 11 is 0. The van der Waals surface area contributed by atoms with Gasteiger partial charge in [-0.1, -0.05) is 24.6 Å². The Morgan fingerprint density at radius 2 is 2.25 bits per heavy atom. The summed E-state index contributed by atoms with van der Waals surface area (Å²) in [4.78, 5) is 11.2. The maximum Gasteiger partial charge on any atom is 0.155 e. The Morgan fingerprint density at radius 3 is 3.08 bits per heavy atom. The Balaban J connectivity index is 2.39. The standard InChI is InChI=1S/C11H14O/c1-11-6-3-2-4-9(11)8-10(12)5-7-11/h3,6,8H,2,4-5,7H2,1H3. The zero-order valence-corrected chi connectivity index (χ0v) is 7.47. The Kier molecular flexibility index (Phi) is 1.67. The van der Waals surface area contributed by atoms with E-state index in [4.69, 9.17) is 0 Å². The van der Waals surface area contributed by atoms with Gasteiger partial charge in [0, 0.05) is 11.8 Å². The largest absolute Gasteiger partial charge is 0.295 e. The number of fused-ring (bicyclic) bond motifs is 1. The van der Waals surface area contributed by atoms with Crippen LogP contribution in [0.1, 0.15) is 32.6 Å². The molecule has 1 heteroatoms. The van der Waals surface area contributed by atoms with E-state index in [1.165, 1.54) is 5.57 Å². The van der Waals surface area contributed by atoms with E-state index in [0.717, 1.165) is 25.7 Å². The van der Waals surface area contributed by atoms with Gasteiger partial charge in [0.2, 0.25) is 0 Å². The van der Waals surface area contributed by atoms with Gasteiger partial charge in [-0.15, -0.1) is 0 Å². The van der Waals surface area contributed by atoms with Gasteiger partial charge in [0.1, 0.15) is 0 Å². The summed E-state index contributed by atoms with van der Waals surface area (Å²) < 4.78 is 0. The lowest BCUT2D eigenvalue weighted by Gasteiger charge is -2.34. The molecule has 2 aliphatic rings. The molecule has 0 heterocycles.